The van der Waals surface area contributed by atoms with E-state index in [0.717, 1.165) is 32.8 Å². The number of nitrogens with zero attached hydrogens (tertiary/aromatic N) is 2. The summed E-state index contributed by atoms with van der Waals surface area (Å²) in [5.41, 5.74) is 3.62. The molecule has 1 N–H and O–H groups in total. The van der Waals surface area contributed by atoms with E-state index in [1.165, 1.54) is 4.90 Å². The van der Waals surface area contributed by atoms with Crippen molar-refractivity contribution >= 4 is 27.5 Å². The summed E-state index contributed by atoms with van der Waals surface area (Å²) in [6.45, 7) is 13.6. The van der Waals surface area contributed by atoms with Gasteiger partial charge in [0.2, 0.25) is 21.8 Å². The molecule has 3 aromatic carbocycles. The lowest BCUT2D eigenvalue weighted by Gasteiger charge is -2.35. The zero-order valence-corrected chi connectivity index (χ0v) is 27.0. The standard InChI is InChI=1S/C34H45N3O4S/c1-25-14-16-27(17-15-25)23-36(30(32(39)35-34(5,6)7)22-26-12-10-9-11-13-26)31(38)24-37(42(8,40)41)29-20-18-28(19-21-29)33(2,3)4/h9-21,30H,22-24H2,1-8H3,(H,35,39)/t30-/m1/s1. The molecule has 0 saturated heterocycles. The molecule has 0 aromatic heterocycles. The van der Waals surface area contributed by atoms with Crippen LogP contribution in [-0.4, -0.2) is 49.5 Å². The normalized spacial score (nSPS) is 12.9. The second kappa shape index (κ2) is 13.1. The van der Waals surface area contributed by atoms with E-state index < -0.39 is 34.1 Å². The Morgan fingerprint density at radius 2 is 1.38 bits per heavy atom. The smallest absolute Gasteiger partial charge is 0.244 e. The number of benzene rings is 3. The van der Waals surface area contributed by atoms with Crippen molar-refractivity contribution in [2.45, 2.75) is 78.4 Å². The number of anilines is 1. The number of carbonyl (C=O) groups is 2. The number of hydrogen-bond donors (Lipinski definition) is 1. The van der Waals surface area contributed by atoms with Crippen LogP contribution in [0.5, 0.6) is 0 Å². The lowest BCUT2D eigenvalue weighted by molar-refractivity contribution is -0.140. The Kier molecular flexibility index (Phi) is 10.3. The van der Waals surface area contributed by atoms with E-state index in [4.69, 9.17) is 0 Å². The number of amides is 2. The predicted molar refractivity (Wildman–Crippen MR) is 171 cm³/mol. The first-order valence-electron chi connectivity index (χ1n) is 14.2. The van der Waals surface area contributed by atoms with Gasteiger partial charge in [-0.25, -0.2) is 8.42 Å². The van der Waals surface area contributed by atoms with Crippen molar-refractivity contribution in [3.05, 3.63) is 101 Å². The van der Waals surface area contributed by atoms with E-state index in [1.807, 2.05) is 94.4 Å². The molecule has 0 unspecified atom stereocenters. The second-order valence-electron chi connectivity index (χ2n) is 13.0. The lowest BCUT2D eigenvalue weighted by Crippen LogP contribution is -2.56. The highest BCUT2D eigenvalue weighted by atomic mass is 32.2. The highest BCUT2D eigenvalue weighted by molar-refractivity contribution is 7.92. The molecule has 0 heterocycles. The maximum atomic E-state index is 14.2. The molecule has 42 heavy (non-hydrogen) atoms. The van der Waals surface area contributed by atoms with Gasteiger partial charge in [0.15, 0.2) is 0 Å². The minimum atomic E-state index is -3.82. The summed E-state index contributed by atoms with van der Waals surface area (Å²) in [5, 5.41) is 3.04. The molecule has 1 atom stereocenters. The number of rotatable bonds is 10. The van der Waals surface area contributed by atoms with Gasteiger partial charge in [0, 0.05) is 18.5 Å². The first kappa shape index (κ1) is 32.9. The summed E-state index contributed by atoms with van der Waals surface area (Å²) >= 11 is 0. The lowest BCUT2D eigenvalue weighted by atomic mass is 9.87. The number of nitrogens with one attached hydrogen (secondary N) is 1. The monoisotopic (exact) mass is 591 g/mol. The molecule has 0 bridgehead atoms. The highest BCUT2D eigenvalue weighted by Crippen LogP contribution is 2.26. The third kappa shape index (κ3) is 9.44. The van der Waals surface area contributed by atoms with Crippen molar-refractivity contribution < 1.29 is 18.0 Å². The minimum Gasteiger partial charge on any atom is -0.350 e. The minimum absolute atomic E-state index is 0.111. The fraction of sp³-hybridized carbons (Fsp3) is 0.412. The Balaban J connectivity index is 2.06. The Hall–Kier alpha value is -3.65. The molecular formula is C34H45N3O4S. The highest BCUT2D eigenvalue weighted by Gasteiger charge is 2.34. The Labute approximate surface area is 252 Å². The molecule has 0 saturated carbocycles. The molecule has 0 aliphatic rings. The van der Waals surface area contributed by atoms with Crippen LogP contribution < -0.4 is 9.62 Å². The molecule has 0 aliphatic heterocycles. The third-order valence-corrected chi connectivity index (χ3v) is 8.08. The van der Waals surface area contributed by atoms with Gasteiger partial charge in [0.25, 0.3) is 0 Å². The van der Waals surface area contributed by atoms with Crippen molar-refractivity contribution in [2.24, 2.45) is 0 Å². The number of hydrogen-bond acceptors (Lipinski definition) is 4. The molecule has 0 aliphatic carbocycles. The molecule has 226 valence electrons. The van der Waals surface area contributed by atoms with E-state index in [0.29, 0.717) is 5.69 Å². The zero-order chi connectivity index (χ0) is 31.3. The van der Waals surface area contributed by atoms with E-state index in [1.54, 1.807) is 12.1 Å². The summed E-state index contributed by atoms with van der Waals surface area (Å²) in [4.78, 5) is 29.5. The Morgan fingerprint density at radius 3 is 1.88 bits per heavy atom. The van der Waals surface area contributed by atoms with Crippen LogP contribution in [0.1, 0.15) is 63.8 Å². The first-order valence-corrected chi connectivity index (χ1v) is 16.1. The van der Waals surface area contributed by atoms with E-state index in [2.05, 4.69) is 26.1 Å². The summed E-state index contributed by atoms with van der Waals surface area (Å²) in [6, 6.07) is 23.7. The van der Waals surface area contributed by atoms with Gasteiger partial charge in [-0.3, -0.25) is 13.9 Å². The van der Waals surface area contributed by atoms with Crippen molar-refractivity contribution in [1.29, 1.82) is 0 Å². The van der Waals surface area contributed by atoms with Crippen molar-refractivity contribution in [2.75, 3.05) is 17.1 Å². The van der Waals surface area contributed by atoms with Gasteiger partial charge >= 0.3 is 0 Å². The van der Waals surface area contributed by atoms with Crippen LogP contribution in [0, 0.1) is 6.92 Å². The topological polar surface area (TPSA) is 86.8 Å². The van der Waals surface area contributed by atoms with Gasteiger partial charge in [0.1, 0.15) is 12.6 Å². The molecule has 3 rings (SSSR count). The number of carbonyl (C=O) groups excluding carboxylic acids is 2. The van der Waals surface area contributed by atoms with Crippen LogP contribution in [0.2, 0.25) is 0 Å². The fourth-order valence-corrected chi connectivity index (χ4v) is 5.49. The third-order valence-electron chi connectivity index (χ3n) is 6.94. The fourth-order valence-electron chi connectivity index (χ4n) is 4.64. The van der Waals surface area contributed by atoms with Gasteiger partial charge in [-0.05, 0) is 61.9 Å². The molecule has 0 spiro atoms. The number of aryl methyl sites for hydroxylation is 1. The van der Waals surface area contributed by atoms with Crippen LogP contribution in [0.15, 0.2) is 78.9 Å². The molecule has 0 fully saturated rings. The molecule has 8 heteroatoms. The van der Waals surface area contributed by atoms with Gasteiger partial charge in [0.05, 0.1) is 11.9 Å². The van der Waals surface area contributed by atoms with Gasteiger partial charge < -0.3 is 10.2 Å². The van der Waals surface area contributed by atoms with E-state index in [-0.39, 0.29) is 24.3 Å². The average molecular weight is 592 g/mol. The molecule has 7 nitrogen and oxygen atoms in total. The van der Waals surface area contributed by atoms with Crippen LogP contribution in [0.4, 0.5) is 5.69 Å². The number of sulfonamides is 1. The van der Waals surface area contributed by atoms with Crippen LogP contribution in [0.25, 0.3) is 0 Å². The predicted octanol–water partition coefficient (Wildman–Crippen LogP) is 5.61. The molecular weight excluding hydrogens is 546 g/mol. The van der Waals surface area contributed by atoms with Gasteiger partial charge in [-0.2, -0.15) is 0 Å². The van der Waals surface area contributed by atoms with Crippen molar-refractivity contribution in [3.63, 3.8) is 0 Å². The van der Waals surface area contributed by atoms with Crippen LogP contribution in [-0.2, 0) is 38.0 Å². The average Bonchev–Trinajstić information content (AvgIpc) is 2.88. The van der Waals surface area contributed by atoms with Crippen molar-refractivity contribution in [1.82, 2.24) is 10.2 Å². The van der Waals surface area contributed by atoms with Gasteiger partial charge in [-0.1, -0.05) is 93.1 Å². The SMILES string of the molecule is Cc1ccc(CN(C(=O)CN(c2ccc(C(C)(C)C)cc2)S(C)(=O)=O)[C@H](Cc2ccccc2)C(=O)NC(C)(C)C)cc1. The summed E-state index contributed by atoms with van der Waals surface area (Å²) in [7, 11) is -3.82. The van der Waals surface area contributed by atoms with E-state index in [9.17, 15) is 18.0 Å². The second-order valence-corrected chi connectivity index (χ2v) is 14.9. The summed E-state index contributed by atoms with van der Waals surface area (Å²) < 4.78 is 27.2. The van der Waals surface area contributed by atoms with E-state index >= 15 is 0 Å². The quantitative estimate of drug-likeness (QED) is 0.332. The maximum Gasteiger partial charge on any atom is 0.244 e. The summed E-state index contributed by atoms with van der Waals surface area (Å²) in [6.07, 6.45) is 1.37. The first-order chi connectivity index (χ1) is 19.4. The van der Waals surface area contributed by atoms with Crippen molar-refractivity contribution in [3.8, 4) is 0 Å². The Bertz CT molecular complexity index is 1450. The zero-order valence-electron chi connectivity index (χ0n) is 26.1. The summed E-state index contributed by atoms with van der Waals surface area (Å²) in [5.74, 6) is -0.766. The van der Waals surface area contributed by atoms with Gasteiger partial charge in [-0.15, -0.1) is 0 Å². The molecule has 0 radical (unpaired) electrons. The molecule has 3 aromatic rings. The maximum absolute atomic E-state index is 14.2. The van der Waals surface area contributed by atoms with Crippen LogP contribution in [0.3, 0.4) is 0 Å². The Morgan fingerprint density at radius 1 is 0.810 bits per heavy atom. The largest absolute Gasteiger partial charge is 0.350 e. The molecule has 2 amide bonds. The van der Waals surface area contributed by atoms with Crippen LogP contribution >= 0.6 is 0 Å².